The summed E-state index contributed by atoms with van der Waals surface area (Å²) in [7, 11) is 0. The van der Waals surface area contributed by atoms with Crippen LogP contribution in [0.1, 0.15) is 61.8 Å². The lowest BCUT2D eigenvalue weighted by molar-refractivity contribution is 0.549. The molecule has 236 valence electrons. The minimum absolute atomic E-state index is 0.224. The summed E-state index contributed by atoms with van der Waals surface area (Å²) in [5.74, 6) is 0. The van der Waals surface area contributed by atoms with Crippen molar-refractivity contribution in [1.29, 1.82) is 0 Å². The van der Waals surface area contributed by atoms with Crippen LogP contribution in [0.25, 0.3) is 0 Å². The van der Waals surface area contributed by atoms with Crippen LogP contribution in [0, 0.1) is 0 Å². The molecule has 0 aliphatic carbocycles. The average molecular weight is 601 g/mol. The summed E-state index contributed by atoms with van der Waals surface area (Å²) in [5, 5.41) is 10.8. The Morgan fingerprint density at radius 2 is 0.956 bits per heavy atom. The van der Waals surface area contributed by atoms with E-state index in [0.29, 0.717) is 0 Å². The van der Waals surface area contributed by atoms with E-state index in [1.807, 2.05) is 0 Å². The molecule has 4 heteroatoms. The maximum Gasteiger partial charge on any atom is 0.0564 e. The summed E-state index contributed by atoms with van der Waals surface area (Å²) in [6.45, 7) is 14.8. The summed E-state index contributed by atoms with van der Waals surface area (Å²) in [6, 6.07) is 42.7. The number of nitrogens with zero attached hydrogens (tertiary/aromatic N) is 1. The Labute approximate surface area is 272 Å². The molecule has 0 fully saturated rings. The predicted octanol–water partition coefficient (Wildman–Crippen LogP) is 7.91. The largest absolute Gasteiger partial charge is 0.388 e. The van der Waals surface area contributed by atoms with Crippen molar-refractivity contribution < 1.29 is 0 Å². The summed E-state index contributed by atoms with van der Waals surface area (Å²) >= 11 is 0. The molecular weight excluding hydrogens is 548 g/mol. The molecule has 0 amide bonds. The summed E-state index contributed by atoms with van der Waals surface area (Å²) < 4.78 is 0. The van der Waals surface area contributed by atoms with Gasteiger partial charge in [-0.1, -0.05) is 128 Å². The number of hydrogen-bond acceptors (Lipinski definition) is 4. The summed E-state index contributed by atoms with van der Waals surface area (Å²) in [6.07, 6.45) is 6.60. The Bertz CT molecular complexity index is 1320. The molecule has 0 saturated carbocycles. The first-order chi connectivity index (χ1) is 22.0. The van der Waals surface area contributed by atoms with Gasteiger partial charge in [-0.2, -0.15) is 0 Å². The summed E-state index contributed by atoms with van der Waals surface area (Å²) in [4.78, 5) is 4.85. The third-order valence-electron chi connectivity index (χ3n) is 8.87. The fraction of sp³-hybridized carbons (Fsp3) is 0.341. The van der Waals surface area contributed by atoms with Crippen molar-refractivity contribution in [2.75, 3.05) is 39.3 Å². The second-order valence-electron chi connectivity index (χ2n) is 12.1. The van der Waals surface area contributed by atoms with Gasteiger partial charge in [0, 0.05) is 25.0 Å². The standard InChI is InChI=1S/C41H52N4/c1-35(41(3,38-24-12-6-13-25-38)39-26-14-7-15-27-39)45-33-19-31-43-29-17-16-28-42-30-18-32-44-34-40(2,36-20-8-4-9-21-36)37-22-10-5-11-23-37/h4-15,20-27,34,42-43,45H,1,16-19,28-33H2,2-3H3/b44-34+. The number of aliphatic imine (C=N–C) groups is 1. The third-order valence-corrected chi connectivity index (χ3v) is 8.87. The van der Waals surface area contributed by atoms with E-state index in [4.69, 9.17) is 4.99 Å². The Morgan fingerprint density at radius 1 is 0.556 bits per heavy atom. The van der Waals surface area contributed by atoms with E-state index < -0.39 is 0 Å². The molecule has 0 spiro atoms. The van der Waals surface area contributed by atoms with E-state index in [9.17, 15) is 0 Å². The molecular formula is C41H52N4. The van der Waals surface area contributed by atoms with Gasteiger partial charge >= 0.3 is 0 Å². The first-order valence-electron chi connectivity index (χ1n) is 16.6. The van der Waals surface area contributed by atoms with E-state index in [-0.39, 0.29) is 10.8 Å². The molecule has 0 aliphatic heterocycles. The number of rotatable bonds is 20. The van der Waals surface area contributed by atoms with Crippen LogP contribution in [-0.2, 0) is 10.8 Å². The fourth-order valence-corrected chi connectivity index (χ4v) is 5.86. The molecule has 4 aromatic rings. The molecule has 4 aromatic carbocycles. The molecule has 4 nitrogen and oxygen atoms in total. The van der Waals surface area contributed by atoms with Gasteiger partial charge in [-0.25, -0.2) is 0 Å². The average Bonchev–Trinajstić information content (AvgIpc) is 3.10. The maximum atomic E-state index is 4.85. The van der Waals surface area contributed by atoms with Gasteiger partial charge in [0.05, 0.1) is 10.8 Å². The van der Waals surface area contributed by atoms with Crippen LogP contribution in [0.2, 0.25) is 0 Å². The number of allylic oxidation sites excluding steroid dienone is 1. The zero-order valence-corrected chi connectivity index (χ0v) is 27.3. The van der Waals surface area contributed by atoms with Crippen molar-refractivity contribution >= 4 is 6.21 Å². The first-order valence-corrected chi connectivity index (χ1v) is 16.6. The third kappa shape index (κ3) is 9.75. The maximum absolute atomic E-state index is 4.85. The minimum atomic E-state index is -0.278. The van der Waals surface area contributed by atoms with Gasteiger partial charge in [-0.05, 0) is 88.0 Å². The molecule has 0 saturated heterocycles. The van der Waals surface area contributed by atoms with Gasteiger partial charge in [0.2, 0.25) is 0 Å². The molecule has 0 aromatic heterocycles. The minimum Gasteiger partial charge on any atom is -0.388 e. The lowest BCUT2D eigenvalue weighted by atomic mass is 9.74. The van der Waals surface area contributed by atoms with Crippen LogP contribution in [0.4, 0.5) is 0 Å². The monoisotopic (exact) mass is 600 g/mol. The predicted molar refractivity (Wildman–Crippen MR) is 193 cm³/mol. The lowest BCUT2D eigenvalue weighted by Gasteiger charge is -2.34. The van der Waals surface area contributed by atoms with Crippen LogP contribution in [0.5, 0.6) is 0 Å². The van der Waals surface area contributed by atoms with Gasteiger partial charge in [-0.15, -0.1) is 0 Å². The van der Waals surface area contributed by atoms with E-state index in [0.717, 1.165) is 57.8 Å². The summed E-state index contributed by atoms with van der Waals surface area (Å²) in [5.41, 5.74) is 5.57. The highest BCUT2D eigenvalue weighted by atomic mass is 14.9. The second kappa shape index (κ2) is 18.1. The number of benzene rings is 4. The van der Waals surface area contributed by atoms with Gasteiger partial charge in [0.25, 0.3) is 0 Å². The zero-order chi connectivity index (χ0) is 31.6. The van der Waals surface area contributed by atoms with Crippen molar-refractivity contribution in [2.45, 2.75) is 50.4 Å². The Morgan fingerprint density at radius 3 is 1.42 bits per heavy atom. The number of unbranched alkanes of at least 4 members (excludes halogenated alkanes) is 1. The van der Waals surface area contributed by atoms with Gasteiger partial charge in [0.15, 0.2) is 0 Å². The van der Waals surface area contributed by atoms with Crippen molar-refractivity contribution in [3.05, 3.63) is 156 Å². The SMILES string of the molecule is C=C(NCCCNCCCCNCCC/N=C/C(C)(c1ccccc1)c1ccccc1)C(C)(c1ccccc1)c1ccccc1. The molecule has 4 rings (SSSR count). The van der Waals surface area contributed by atoms with Crippen molar-refractivity contribution in [3.8, 4) is 0 Å². The topological polar surface area (TPSA) is 48.4 Å². The van der Waals surface area contributed by atoms with Gasteiger partial charge in [0.1, 0.15) is 0 Å². The molecule has 0 atom stereocenters. The van der Waals surface area contributed by atoms with Gasteiger partial charge in [-0.3, -0.25) is 4.99 Å². The van der Waals surface area contributed by atoms with Crippen LogP contribution in [-0.4, -0.2) is 45.5 Å². The molecule has 0 heterocycles. The molecule has 0 bridgehead atoms. The van der Waals surface area contributed by atoms with Crippen LogP contribution >= 0.6 is 0 Å². The van der Waals surface area contributed by atoms with E-state index in [1.54, 1.807) is 0 Å². The number of hydrogen-bond donors (Lipinski definition) is 3. The molecule has 0 radical (unpaired) electrons. The molecule has 45 heavy (non-hydrogen) atoms. The number of nitrogens with one attached hydrogen (secondary N) is 3. The fourth-order valence-electron chi connectivity index (χ4n) is 5.86. The Hall–Kier alpha value is -3.99. The highest BCUT2D eigenvalue weighted by Gasteiger charge is 2.32. The quantitative estimate of drug-likeness (QED) is 0.0714. The van der Waals surface area contributed by atoms with Crippen molar-refractivity contribution in [1.82, 2.24) is 16.0 Å². The molecule has 0 aliphatic rings. The van der Waals surface area contributed by atoms with E-state index in [1.165, 1.54) is 35.1 Å². The van der Waals surface area contributed by atoms with E-state index >= 15 is 0 Å². The Kier molecular flexibility index (Phi) is 13.6. The second-order valence-corrected chi connectivity index (χ2v) is 12.1. The highest BCUT2D eigenvalue weighted by Crippen LogP contribution is 2.36. The lowest BCUT2D eigenvalue weighted by Crippen LogP contribution is -2.35. The van der Waals surface area contributed by atoms with Crippen LogP contribution in [0.3, 0.4) is 0 Å². The van der Waals surface area contributed by atoms with Crippen molar-refractivity contribution in [2.24, 2.45) is 4.99 Å². The zero-order valence-electron chi connectivity index (χ0n) is 27.3. The highest BCUT2D eigenvalue weighted by molar-refractivity contribution is 5.78. The Balaban J connectivity index is 1.06. The van der Waals surface area contributed by atoms with Gasteiger partial charge < -0.3 is 16.0 Å². The smallest absolute Gasteiger partial charge is 0.0564 e. The first kappa shape index (κ1) is 33.9. The molecule has 0 unspecified atom stereocenters. The van der Waals surface area contributed by atoms with Crippen molar-refractivity contribution in [3.63, 3.8) is 0 Å². The van der Waals surface area contributed by atoms with Crippen LogP contribution < -0.4 is 16.0 Å². The van der Waals surface area contributed by atoms with Crippen LogP contribution in [0.15, 0.2) is 139 Å². The normalized spacial score (nSPS) is 12.0. The van der Waals surface area contributed by atoms with E-state index in [2.05, 4.69) is 164 Å². The molecule has 3 N–H and O–H groups in total.